The summed E-state index contributed by atoms with van der Waals surface area (Å²) in [5.41, 5.74) is 0.480. The van der Waals surface area contributed by atoms with Gasteiger partial charge in [0.2, 0.25) is 5.91 Å². The quantitative estimate of drug-likeness (QED) is 0.683. The molecule has 1 aliphatic heterocycles. The summed E-state index contributed by atoms with van der Waals surface area (Å²) in [5, 5.41) is 0.702. The Morgan fingerprint density at radius 3 is 2.94 bits per heavy atom. The van der Waals surface area contributed by atoms with Crippen LogP contribution in [0.3, 0.4) is 0 Å². The molecule has 2 rings (SSSR count). The Balaban J connectivity index is 2.33. The van der Waals surface area contributed by atoms with Crippen LogP contribution in [-0.4, -0.2) is 31.3 Å². The van der Waals surface area contributed by atoms with Crippen LogP contribution in [0.15, 0.2) is 6.07 Å². The molecule has 0 saturated carbocycles. The van der Waals surface area contributed by atoms with Gasteiger partial charge in [0, 0.05) is 17.8 Å². The molecule has 0 spiro atoms. The minimum Gasteiger partial charge on any atom is -0.465 e. The third-order valence-electron chi connectivity index (χ3n) is 2.95. The lowest BCUT2D eigenvalue weighted by molar-refractivity contribution is -0.117. The lowest BCUT2D eigenvalue weighted by Crippen LogP contribution is -2.25. The second-order valence-corrected chi connectivity index (χ2v) is 5.92. The van der Waals surface area contributed by atoms with Gasteiger partial charge in [-0.2, -0.15) is 12.6 Å². The smallest absolute Gasteiger partial charge is 0.340 e. The fourth-order valence-electron chi connectivity index (χ4n) is 2.06. The Morgan fingerprint density at radius 1 is 1.67 bits per heavy atom. The van der Waals surface area contributed by atoms with Crippen molar-refractivity contribution in [3.63, 3.8) is 0 Å². The summed E-state index contributed by atoms with van der Waals surface area (Å²) in [6, 6.07) is 1.77. The molecule has 1 fully saturated rings. The molecule has 1 aliphatic rings. The summed E-state index contributed by atoms with van der Waals surface area (Å²) < 4.78 is 4.75. The minimum absolute atomic E-state index is 0.0565. The average molecular weight is 285 g/mol. The Hall–Kier alpha value is -1.01. The van der Waals surface area contributed by atoms with Crippen molar-refractivity contribution in [3.8, 4) is 0 Å². The van der Waals surface area contributed by atoms with E-state index < -0.39 is 5.97 Å². The monoisotopic (exact) mass is 285 g/mol. The van der Waals surface area contributed by atoms with Crippen LogP contribution in [0.2, 0.25) is 0 Å². The standard InChI is InChI=1S/C12H15NO3S2/c1-7-3-9(12(15)16-2)11(18-7)13-5-8(6-17)4-10(13)14/h3,8,17H,4-6H2,1-2H3. The lowest BCUT2D eigenvalue weighted by atomic mass is 10.1. The molecule has 1 atom stereocenters. The van der Waals surface area contributed by atoms with Crippen molar-refractivity contribution in [1.29, 1.82) is 0 Å². The number of hydrogen-bond donors (Lipinski definition) is 1. The number of methoxy groups -OCH3 is 1. The number of anilines is 1. The molecule has 18 heavy (non-hydrogen) atoms. The van der Waals surface area contributed by atoms with Gasteiger partial charge in [0.05, 0.1) is 12.7 Å². The number of nitrogens with zero attached hydrogens (tertiary/aromatic N) is 1. The molecule has 98 valence electrons. The van der Waals surface area contributed by atoms with Crippen molar-refractivity contribution < 1.29 is 14.3 Å². The molecule has 1 unspecified atom stereocenters. The number of rotatable bonds is 3. The fourth-order valence-corrected chi connectivity index (χ4v) is 3.32. The molecule has 1 aromatic rings. The van der Waals surface area contributed by atoms with E-state index in [0.29, 0.717) is 29.3 Å². The highest BCUT2D eigenvalue weighted by Gasteiger charge is 2.33. The number of amides is 1. The maximum absolute atomic E-state index is 12.0. The summed E-state index contributed by atoms with van der Waals surface area (Å²) in [5.74, 6) is 0.603. The predicted octanol–water partition coefficient (Wildman–Crippen LogP) is 2.13. The van der Waals surface area contributed by atoms with Crippen molar-refractivity contribution >= 4 is 40.8 Å². The molecule has 1 saturated heterocycles. The SMILES string of the molecule is COC(=O)c1cc(C)sc1N1CC(CS)CC1=O. The van der Waals surface area contributed by atoms with Crippen LogP contribution >= 0.6 is 24.0 Å². The van der Waals surface area contributed by atoms with Crippen LogP contribution in [-0.2, 0) is 9.53 Å². The maximum atomic E-state index is 12.0. The second-order valence-electron chi connectivity index (χ2n) is 4.32. The topological polar surface area (TPSA) is 46.6 Å². The normalized spacial score (nSPS) is 19.4. The minimum atomic E-state index is -0.392. The van der Waals surface area contributed by atoms with E-state index in [0.717, 1.165) is 4.88 Å². The third kappa shape index (κ3) is 2.40. The molecular formula is C12H15NO3S2. The molecule has 0 bridgehead atoms. The van der Waals surface area contributed by atoms with Crippen LogP contribution < -0.4 is 4.90 Å². The number of esters is 1. The van der Waals surface area contributed by atoms with Crippen LogP contribution in [0.5, 0.6) is 0 Å². The van der Waals surface area contributed by atoms with Crippen LogP contribution in [0.1, 0.15) is 21.7 Å². The van der Waals surface area contributed by atoms with Gasteiger partial charge in [-0.1, -0.05) is 0 Å². The first kappa shape index (κ1) is 13.4. The molecule has 0 aromatic carbocycles. The summed E-state index contributed by atoms with van der Waals surface area (Å²) in [6.45, 7) is 2.55. The first-order chi connectivity index (χ1) is 8.56. The second kappa shape index (κ2) is 5.32. The van der Waals surface area contributed by atoms with Gasteiger partial charge >= 0.3 is 5.97 Å². The van der Waals surface area contributed by atoms with Crippen molar-refractivity contribution in [1.82, 2.24) is 0 Å². The zero-order valence-electron chi connectivity index (χ0n) is 10.3. The van der Waals surface area contributed by atoms with E-state index in [1.807, 2.05) is 6.92 Å². The largest absolute Gasteiger partial charge is 0.465 e. The highest BCUT2D eigenvalue weighted by atomic mass is 32.1. The van der Waals surface area contributed by atoms with Gasteiger partial charge in [0.25, 0.3) is 0 Å². The van der Waals surface area contributed by atoms with Gasteiger partial charge < -0.3 is 9.64 Å². The van der Waals surface area contributed by atoms with Gasteiger partial charge in [-0.05, 0) is 24.7 Å². The van der Waals surface area contributed by atoms with Crippen molar-refractivity contribution in [2.75, 3.05) is 24.3 Å². The van der Waals surface area contributed by atoms with E-state index in [-0.39, 0.29) is 11.8 Å². The maximum Gasteiger partial charge on any atom is 0.340 e. The molecule has 4 nitrogen and oxygen atoms in total. The summed E-state index contributed by atoms with van der Waals surface area (Å²) in [7, 11) is 1.35. The van der Waals surface area contributed by atoms with E-state index in [9.17, 15) is 9.59 Å². The number of hydrogen-bond acceptors (Lipinski definition) is 5. The van der Waals surface area contributed by atoms with Crippen LogP contribution in [0, 0.1) is 12.8 Å². The Bertz CT molecular complexity index is 484. The highest BCUT2D eigenvalue weighted by Crippen LogP contribution is 2.35. The first-order valence-corrected chi connectivity index (χ1v) is 7.11. The molecule has 1 amide bonds. The van der Waals surface area contributed by atoms with E-state index in [1.54, 1.807) is 11.0 Å². The average Bonchev–Trinajstić information content (AvgIpc) is 2.91. The van der Waals surface area contributed by atoms with Crippen LogP contribution in [0.4, 0.5) is 5.00 Å². The molecule has 0 N–H and O–H groups in total. The van der Waals surface area contributed by atoms with Gasteiger partial charge in [-0.15, -0.1) is 11.3 Å². The molecule has 2 heterocycles. The van der Waals surface area contributed by atoms with E-state index in [4.69, 9.17) is 4.74 Å². The highest BCUT2D eigenvalue weighted by molar-refractivity contribution is 7.80. The third-order valence-corrected chi connectivity index (χ3v) is 4.54. The van der Waals surface area contributed by atoms with Gasteiger partial charge in [0.1, 0.15) is 5.00 Å². The summed E-state index contributed by atoms with van der Waals surface area (Å²) in [4.78, 5) is 26.3. The predicted molar refractivity (Wildman–Crippen MR) is 74.7 cm³/mol. The van der Waals surface area contributed by atoms with E-state index in [2.05, 4.69) is 12.6 Å². The Morgan fingerprint density at radius 2 is 2.39 bits per heavy atom. The molecular weight excluding hydrogens is 270 g/mol. The Kier molecular flexibility index (Phi) is 3.97. The molecule has 1 aromatic heterocycles. The molecule has 0 aliphatic carbocycles. The zero-order chi connectivity index (χ0) is 13.3. The van der Waals surface area contributed by atoms with E-state index in [1.165, 1.54) is 18.4 Å². The number of thiophene rings is 1. The fraction of sp³-hybridized carbons (Fsp3) is 0.500. The number of carbonyl (C=O) groups is 2. The summed E-state index contributed by atoms with van der Waals surface area (Å²) in [6.07, 6.45) is 0.501. The Labute approximate surface area is 115 Å². The number of aryl methyl sites for hydroxylation is 1. The van der Waals surface area contributed by atoms with E-state index >= 15 is 0 Å². The van der Waals surface area contributed by atoms with Crippen molar-refractivity contribution in [3.05, 3.63) is 16.5 Å². The number of ether oxygens (including phenoxy) is 1. The van der Waals surface area contributed by atoms with Crippen LogP contribution in [0.25, 0.3) is 0 Å². The van der Waals surface area contributed by atoms with Gasteiger partial charge in [0.15, 0.2) is 0 Å². The summed E-state index contributed by atoms with van der Waals surface area (Å²) >= 11 is 5.68. The molecule has 6 heteroatoms. The molecule has 0 radical (unpaired) electrons. The first-order valence-electron chi connectivity index (χ1n) is 5.66. The zero-order valence-corrected chi connectivity index (χ0v) is 12.0. The lowest BCUT2D eigenvalue weighted by Gasteiger charge is -2.15. The number of thiol groups is 1. The van der Waals surface area contributed by atoms with Gasteiger partial charge in [-0.3, -0.25) is 4.79 Å². The van der Waals surface area contributed by atoms with Gasteiger partial charge in [-0.25, -0.2) is 4.79 Å². The van der Waals surface area contributed by atoms with Crippen molar-refractivity contribution in [2.45, 2.75) is 13.3 Å². The van der Waals surface area contributed by atoms with Crippen molar-refractivity contribution in [2.24, 2.45) is 5.92 Å². The number of carbonyl (C=O) groups excluding carboxylic acids is 2.